The Morgan fingerprint density at radius 2 is 2.25 bits per heavy atom. The van der Waals surface area contributed by atoms with Crippen LogP contribution < -0.4 is 0 Å². The van der Waals surface area contributed by atoms with E-state index in [1.807, 2.05) is 31.1 Å². The lowest BCUT2D eigenvalue weighted by atomic mass is 10.2. The smallest absolute Gasteiger partial charge is 0.330 e. The van der Waals surface area contributed by atoms with Gasteiger partial charge in [-0.3, -0.25) is 4.98 Å². The van der Waals surface area contributed by atoms with Crippen molar-refractivity contribution in [2.75, 3.05) is 21.2 Å². The number of methoxy groups -OCH3 is 1. The second-order valence-corrected chi connectivity index (χ2v) is 3.68. The van der Waals surface area contributed by atoms with Crippen LogP contribution in [0.3, 0.4) is 0 Å². The van der Waals surface area contributed by atoms with Crippen LogP contribution in [0.25, 0.3) is 6.08 Å². The molecule has 4 heteroatoms. The summed E-state index contributed by atoms with van der Waals surface area (Å²) in [5.41, 5.74) is 1.88. The Kier molecular flexibility index (Phi) is 4.66. The van der Waals surface area contributed by atoms with Gasteiger partial charge in [-0.05, 0) is 31.8 Å². The maximum Gasteiger partial charge on any atom is 0.330 e. The van der Waals surface area contributed by atoms with E-state index in [1.54, 1.807) is 12.3 Å². The van der Waals surface area contributed by atoms with E-state index in [-0.39, 0.29) is 5.97 Å². The summed E-state index contributed by atoms with van der Waals surface area (Å²) < 4.78 is 4.50. The van der Waals surface area contributed by atoms with Gasteiger partial charge in [0.2, 0.25) is 0 Å². The first-order valence-corrected chi connectivity index (χ1v) is 4.97. The summed E-state index contributed by atoms with van der Waals surface area (Å²) in [6.45, 7) is 0.807. The monoisotopic (exact) mass is 220 g/mol. The van der Waals surface area contributed by atoms with Crippen molar-refractivity contribution in [3.05, 3.63) is 35.7 Å². The Morgan fingerprint density at radius 3 is 2.75 bits per heavy atom. The molecule has 0 aliphatic rings. The SMILES string of the molecule is COC(=O)/C=C/c1ccc(CN(C)C)nc1. The van der Waals surface area contributed by atoms with Gasteiger partial charge in [-0.25, -0.2) is 4.79 Å². The van der Waals surface area contributed by atoms with Gasteiger partial charge in [0.25, 0.3) is 0 Å². The Morgan fingerprint density at radius 1 is 1.50 bits per heavy atom. The van der Waals surface area contributed by atoms with E-state index in [1.165, 1.54) is 13.2 Å². The third-order valence-corrected chi connectivity index (χ3v) is 1.94. The number of nitrogens with zero attached hydrogens (tertiary/aromatic N) is 2. The third kappa shape index (κ3) is 4.23. The van der Waals surface area contributed by atoms with E-state index in [2.05, 4.69) is 9.72 Å². The molecule has 1 rings (SSSR count). The van der Waals surface area contributed by atoms with Gasteiger partial charge >= 0.3 is 5.97 Å². The van der Waals surface area contributed by atoms with Gasteiger partial charge in [0, 0.05) is 18.8 Å². The van der Waals surface area contributed by atoms with Gasteiger partial charge in [0.1, 0.15) is 0 Å². The van der Waals surface area contributed by atoms with E-state index in [4.69, 9.17) is 0 Å². The molecule has 0 amide bonds. The van der Waals surface area contributed by atoms with Gasteiger partial charge in [0.15, 0.2) is 0 Å². The van der Waals surface area contributed by atoms with Crippen LogP contribution in [0.1, 0.15) is 11.3 Å². The standard InChI is InChI=1S/C12H16N2O2/c1-14(2)9-11-6-4-10(8-13-11)5-7-12(15)16-3/h4-8H,9H2,1-3H3/b7-5+. The van der Waals surface area contributed by atoms with Crippen LogP contribution in [0.15, 0.2) is 24.4 Å². The van der Waals surface area contributed by atoms with Crippen LogP contribution in [0, 0.1) is 0 Å². The minimum Gasteiger partial charge on any atom is -0.466 e. The van der Waals surface area contributed by atoms with Crippen LogP contribution >= 0.6 is 0 Å². The van der Waals surface area contributed by atoms with E-state index in [0.29, 0.717) is 0 Å². The second kappa shape index (κ2) is 6.02. The van der Waals surface area contributed by atoms with Crippen LogP contribution in [0.2, 0.25) is 0 Å². The molecule has 16 heavy (non-hydrogen) atoms. The third-order valence-electron chi connectivity index (χ3n) is 1.94. The molecule has 0 atom stereocenters. The summed E-state index contributed by atoms with van der Waals surface area (Å²) in [6.07, 6.45) is 4.79. The summed E-state index contributed by atoms with van der Waals surface area (Å²) in [7, 11) is 5.34. The van der Waals surface area contributed by atoms with Crippen molar-refractivity contribution in [1.82, 2.24) is 9.88 Å². The molecule has 0 saturated heterocycles. The fraction of sp³-hybridized carbons (Fsp3) is 0.333. The average Bonchev–Trinajstić information content (AvgIpc) is 2.27. The highest BCUT2D eigenvalue weighted by Gasteiger charge is 1.97. The summed E-state index contributed by atoms with van der Waals surface area (Å²) >= 11 is 0. The summed E-state index contributed by atoms with van der Waals surface area (Å²) in [5.74, 6) is -0.364. The minimum absolute atomic E-state index is 0.364. The fourth-order valence-electron chi connectivity index (χ4n) is 1.18. The first-order valence-electron chi connectivity index (χ1n) is 4.97. The number of ether oxygens (including phenoxy) is 1. The van der Waals surface area contributed by atoms with Crippen molar-refractivity contribution in [3.63, 3.8) is 0 Å². The molecule has 86 valence electrons. The largest absolute Gasteiger partial charge is 0.466 e. The molecule has 0 bridgehead atoms. The topological polar surface area (TPSA) is 42.4 Å². The molecule has 0 fully saturated rings. The van der Waals surface area contributed by atoms with Gasteiger partial charge in [-0.1, -0.05) is 6.07 Å². The number of esters is 1. The number of hydrogen-bond donors (Lipinski definition) is 0. The van der Waals surface area contributed by atoms with E-state index >= 15 is 0 Å². The van der Waals surface area contributed by atoms with Crippen molar-refractivity contribution in [2.45, 2.75) is 6.54 Å². The average molecular weight is 220 g/mol. The lowest BCUT2D eigenvalue weighted by molar-refractivity contribution is -0.134. The fourth-order valence-corrected chi connectivity index (χ4v) is 1.18. The quantitative estimate of drug-likeness (QED) is 0.567. The molecule has 1 aromatic rings. The molecule has 0 N–H and O–H groups in total. The molecule has 0 aliphatic carbocycles. The molecule has 1 heterocycles. The zero-order valence-corrected chi connectivity index (χ0v) is 9.80. The molecule has 0 radical (unpaired) electrons. The lowest BCUT2D eigenvalue weighted by Gasteiger charge is -2.08. The first kappa shape index (κ1) is 12.4. The van der Waals surface area contributed by atoms with Crippen molar-refractivity contribution in [1.29, 1.82) is 0 Å². The molecule has 0 unspecified atom stereocenters. The van der Waals surface area contributed by atoms with Gasteiger partial charge < -0.3 is 9.64 Å². The first-order chi connectivity index (χ1) is 7.61. The highest BCUT2D eigenvalue weighted by atomic mass is 16.5. The lowest BCUT2D eigenvalue weighted by Crippen LogP contribution is -2.11. The summed E-state index contributed by atoms with van der Waals surface area (Å²) in [5, 5.41) is 0. The molecule has 4 nitrogen and oxygen atoms in total. The van der Waals surface area contributed by atoms with Crippen LogP contribution in [0.4, 0.5) is 0 Å². The van der Waals surface area contributed by atoms with Crippen LogP contribution in [0.5, 0.6) is 0 Å². The van der Waals surface area contributed by atoms with Gasteiger partial charge in [0.05, 0.1) is 12.8 Å². The summed E-state index contributed by atoms with van der Waals surface area (Å²) in [4.78, 5) is 17.2. The molecule has 0 saturated carbocycles. The number of carbonyl (C=O) groups excluding carboxylic acids is 1. The predicted molar refractivity (Wildman–Crippen MR) is 62.7 cm³/mol. The van der Waals surface area contributed by atoms with Gasteiger partial charge in [-0.2, -0.15) is 0 Å². The van der Waals surface area contributed by atoms with Gasteiger partial charge in [-0.15, -0.1) is 0 Å². The number of hydrogen-bond acceptors (Lipinski definition) is 4. The number of rotatable bonds is 4. The van der Waals surface area contributed by atoms with E-state index < -0.39 is 0 Å². The molecular weight excluding hydrogens is 204 g/mol. The normalized spacial score (nSPS) is 11.0. The predicted octanol–water partition coefficient (Wildman–Crippen LogP) is 1.33. The number of carbonyl (C=O) groups is 1. The van der Waals surface area contributed by atoms with Crippen LogP contribution in [-0.2, 0) is 16.1 Å². The highest BCUT2D eigenvalue weighted by molar-refractivity contribution is 5.86. The second-order valence-electron chi connectivity index (χ2n) is 3.68. The van der Waals surface area contributed by atoms with E-state index in [0.717, 1.165) is 17.8 Å². The highest BCUT2D eigenvalue weighted by Crippen LogP contribution is 2.04. The number of aromatic nitrogens is 1. The Hall–Kier alpha value is -1.68. The zero-order valence-electron chi connectivity index (χ0n) is 9.80. The summed E-state index contributed by atoms with van der Waals surface area (Å²) in [6, 6.07) is 3.86. The van der Waals surface area contributed by atoms with Crippen molar-refractivity contribution < 1.29 is 9.53 Å². The molecule has 0 aliphatic heterocycles. The Balaban J connectivity index is 2.64. The molecule has 1 aromatic heterocycles. The van der Waals surface area contributed by atoms with Crippen molar-refractivity contribution in [2.24, 2.45) is 0 Å². The Bertz CT molecular complexity index is 369. The molecule has 0 spiro atoms. The number of pyridine rings is 1. The maximum atomic E-state index is 10.9. The molecular formula is C12H16N2O2. The van der Waals surface area contributed by atoms with E-state index in [9.17, 15) is 4.79 Å². The van der Waals surface area contributed by atoms with Crippen LogP contribution in [-0.4, -0.2) is 37.1 Å². The Labute approximate surface area is 95.6 Å². The zero-order chi connectivity index (χ0) is 12.0. The van der Waals surface area contributed by atoms with Crippen molar-refractivity contribution in [3.8, 4) is 0 Å². The van der Waals surface area contributed by atoms with Crippen molar-refractivity contribution >= 4 is 12.0 Å². The maximum absolute atomic E-state index is 10.9. The molecule has 0 aromatic carbocycles. The minimum atomic E-state index is -0.364.